The van der Waals surface area contributed by atoms with E-state index in [1.165, 1.54) is 0 Å². The molecule has 2 aliphatic rings. The van der Waals surface area contributed by atoms with E-state index in [2.05, 4.69) is 0 Å². The third-order valence-electron chi connectivity index (χ3n) is 5.37. The Morgan fingerprint density at radius 3 is 2.55 bits per heavy atom. The first-order valence-corrected chi connectivity index (χ1v) is 8.56. The van der Waals surface area contributed by atoms with E-state index >= 15 is 0 Å². The number of aliphatic hydroxyl groups is 1. The number of aliphatic hydroxyl groups excluding tert-OH is 1. The first-order valence-electron chi connectivity index (χ1n) is 8.18. The van der Waals surface area contributed by atoms with E-state index in [-0.39, 0.29) is 17.5 Å². The van der Waals surface area contributed by atoms with Crippen LogP contribution in [0.3, 0.4) is 0 Å². The first-order chi connectivity index (χ1) is 10.5. The molecule has 0 spiro atoms. The lowest BCUT2D eigenvalue weighted by molar-refractivity contribution is -0.109. The van der Waals surface area contributed by atoms with Gasteiger partial charge in [0.05, 0.1) is 11.7 Å². The molecule has 0 aliphatic heterocycles. The zero-order valence-corrected chi connectivity index (χ0v) is 13.7. The second kappa shape index (κ2) is 6.21. The molecule has 0 aromatic heterocycles. The van der Waals surface area contributed by atoms with Crippen molar-refractivity contribution in [2.75, 3.05) is 0 Å². The van der Waals surface area contributed by atoms with Gasteiger partial charge in [-0.2, -0.15) is 0 Å². The van der Waals surface area contributed by atoms with Gasteiger partial charge in [-0.3, -0.25) is 0 Å². The molecule has 0 unspecified atom stereocenters. The Balaban J connectivity index is 1.79. The van der Waals surface area contributed by atoms with Gasteiger partial charge in [-0.15, -0.1) is 0 Å². The first kappa shape index (κ1) is 15.8. The van der Waals surface area contributed by atoms with Gasteiger partial charge in [0, 0.05) is 10.4 Å². The second-order valence-electron chi connectivity index (χ2n) is 6.71. The molecule has 4 heteroatoms. The van der Waals surface area contributed by atoms with Crippen LogP contribution in [0.1, 0.15) is 55.8 Å². The highest BCUT2D eigenvalue weighted by molar-refractivity contribution is 6.30. The molecule has 3 nitrogen and oxygen atoms in total. The predicted octanol–water partition coefficient (Wildman–Crippen LogP) is 4.22. The topological polar surface area (TPSA) is 46.5 Å². The normalized spacial score (nSPS) is 29.9. The van der Waals surface area contributed by atoms with Crippen LogP contribution in [0.4, 0.5) is 0 Å². The number of halogens is 1. The monoisotopic (exact) mass is 322 g/mol. The van der Waals surface area contributed by atoms with E-state index in [4.69, 9.17) is 16.3 Å². The average molecular weight is 323 g/mol. The maximum atomic E-state index is 12.4. The number of ether oxygens (including phenoxy) is 1. The molecule has 0 radical (unpaired) electrons. The second-order valence-corrected chi connectivity index (χ2v) is 7.15. The minimum absolute atomic E-state index is 0.183. The molecule has 22 heavy (non-hydrogen) atoms. The van der Waals surface area contributed by atoms with Crippen LogP contribution in [-0.4, -0.2) is 23.3 Å². The van der Waals surface area contributed by atoms with Gasteiger partial charge in [-0.05, 0) is 69.2 Å². The summed E-state index contributed by atoms with van der Waals surface area (Å²) in [5.41, 5.74) is 0.269. The highest BCUT2D eigenvalue weighted by atomic mass is 35.5. The Morgan fingerprint density at radius 1 is 1.27 bits per heavy atom. The summed E-state index contributed by atoms with van der Waals surface area (Å²) in [7, 11) is 0. The van der Waals surface area contributed by atoms with Crippen molar-refractivity contribution < 1.29 is 14.6 Å². The molecule has 1 N–H and O–H groups in total. The van der Waals surface area contributed by atoms with E-state index < -0.39 is 6.10 Å². The summed E-state index contributed by atoms with van der Waals surface area (Å²) in [4.78, 5) is 12.4. The number of hydrogen-bond donors (Lipinski definition) is 1. The molecule has 2 fully saturated rings. The van der Waals surface area contributed by atoms with Crippen molar-refractivity contribution in [2.45, 2.75) is 57.7 Å². The zero-order chi connectivity index (χ0) is 15.7. The van der Waals surface area contributed by atoms with Gasteiger partial charge in [-0.25, -0.2) is 4.79 Å². The van der Waals surface area contributed by atoms with Gasteiger partial charge < -0.3 is 9.84 Å². The lowest BCUT2D eigenvalue weighted by atomic mass is 9.65. The molecule has 3 rings (SSSR count). The molecule has 120 valence electrons. The van der Waals surface area contributed by atoms with Crippen LogP contribution in [0, 0.1) is 11.3 Å². The maximum Gasteiger partial charge on any atom is 0.338 e. The maximum absolute atomic E-state index is 12.4. The number of carbonyl (C=O) groups is 1. The molecule has 3 atom stereocenters. The standard InChI is InChI=1S/C18H23ClO3/c1-12(20)18(14-7-8-14)11-3-2-4-16(18)22-17(21)13-5-9-15(19)10-6-13/h5-6,9-10,12,14,16,20H,2-4,7-8,11H2,1H3/t12-,16-,18-/m0/s1. The van der Waals surface area contributed by atoms with Crippen molar-refractivity contribution >= 4 is 17.6 Å². The quantitative estimate of drug-likeness (QED) is 0.844. The van der Waals surface area contributed by atoms with Gasteiger partial charge in [0.1, 0.15) is 6.10 Å². The molecular weight excluding hydrogens is 300 g/mol. The number of hydrogen-bond acceptors (Lipinski definition) is 3. The fourth-order valence-corrected chi connectivity index (χ4v) is 4.18. The van der Waals surface area contributed by atoms with Crippen molar-refractivity contribution in [3.8, 4) is 0 Å². The molecule has 0 heterocycles. The van der Waals surface area contributed by atoms with Crippen LogP contribution in [0.25, 0.3) is 0 Å². The van der Waals surface area contributed by atoms with Gasteiger partial charge in [0.25, 0.3) is 0 Å². The highest BCUT2D eigenvalue weighted by Crippen LogP contribution is 2.56. The van der Waals surface area contributed by atoms with E-state index in [1.807, 2.05) is 6.92 Å². The third kappa shape index (κ3) is 2.89. The van der Waals surface area contributed by atoms with E-state index in [1.54, 1.807) is 24.3 Å². The van der Waals surface area contributed by atoms with Gasteiger partial charge >= 0.3 is 5.97 Å². The molecule has 2 saturated carbocycles. The Kier molecular flexibility index (Phi) is 4.47. The minimum Gasteiger partial charge on any atom is -0.458 e. The van der Waals surface area contributed by atoms with Crippen molar-refractivity contribution in [1.29, 1.82) is 0 Å². The van der Waals surface area contributed by atoms with E-state index in [0.29, 0.717) is 16.5 Å². The summed E-state index contributed by atoms with van der Waals surface area (Å²) in [6.07, 6.45) is 5.62. The summed E-state index contributed by atoms with van der Waals surface area (Å²) in [6.45, 7) is 1.85. The van der Waals surface area contributed by atoms with Crippen molar-refractivity contribution in [2.24, 2.45) is 11.3 Å². The van der Waals surface area contributed by atoms with Crippen molar-refractivity contribution in [3.63, 3.8) is 0 Å². The molecule has 0 bridgehead atoms. The zero-order valence-electron chi connectivity index (χ0n) is 12.9. The summed E-state index contributed by atoms with van der Waals surface area (Å²) in [6, 6.07) is 6.77. The Hall–Kier alpha value is -1.06. The lowest BCUT2D eigenvalue weighted by Crippen LogP contribution is -2.50. The summed E-state index contributed by atoms with van der Waals surface area (Å²) in [5, 5.41) is 11.0. The van der Waals surface area contributed by atoms with Crippen molar-refractivity contribution in [3.05, 3.63) is 34.9 Å². The average Bonchev–Trinajstić information content (AvgIpc) is 3.33. The third-order valence-corrected chi connectivity index (χ3v) is 5.62. The molecule has 0 amide bonds. The summed E-state index contributed by atoms with van der Waals surface area (Å²) < 4.78 is 5.85. The smallest absolute Gasteiger partial charge is 0.338 e. The predicted molar refractivity (Wildman–Crippen MR) is 86.0 cm³/mol. The molecular formula is C18H23ClO3. The Bertz CT molecular complexity index is 532. The molecule has 1 aromatic rings. The lowest BCUT2D eigenvalue weighted by Gasteiger charge is -2.46. The summed E-state index contributed by atoms with van der Waals surface area (Å²) >= 11 is 5.86. The number of benzene rings is 1. The molecule has 0 saturated heterocycles. The Morgan fingerprint density at radius 2 is 1.95 bits per heavy atom. The van der Waals surface area contributed by atoms with Crippen molar-refractivity contribution in [1.82, 2.24) is 0 Å². The highest BCUT2D eigenvalue weighted by Gasteiger charge is 2.55. The molecule has 1 aromatic carbocycles. The van der Waals surface area contributed by atoms with E-state index in [9.17, 15) is 9.90 Å². The van der Waals surface area contributed by atoms with Gasteiger partial charge in [0.15, 0.2) is 0 Å². The minimum atomic E-state index is -0.441. The largest absolute Gasteiger partial charge is 0.458 e. The Labute approximate surface area is 136 Å². The SMILES string of the molecule is C[C@H](O)[C@]1(C2CC2)CCCC[C@@H]1OC(=O)c1ccc(Cl)cc1. The van der Waals surface area contributed by atoms with Crippen LogP contribution >= 0.6 is 11.6 Å². The van der Waals surface area contributed by atoms with Crippen LogP contribution < -0.4 is 0 Å². The molecule has 2 aliphatic carbocycles. The van der Waals surface area contributed by atoms with Gasteiger partial charge in [0.2, 0.25) is 0 Å². The number of carbonyl (C=O) groups excluding carboxylic acids is 1. The van der Waals surface area contributed by atoms with Crippen LogP contribution in [0.2, 0.25) is 5.02 Å². The van der Waals surface area contributed by atoms with Crippen LogP contribution in [0.5, 0.6) is 0 Å². The van der Waals surface area contributed by atoms with E-state index in [0.717, 1.165) is 38.5 Å². The fourth-order valence-electron chi connectivity index (χ4n) is 4.05. The summed E-state index contributed by atoms with van der Waals surface area (Å²) in [5.74, 6) is 0.185. The van der Waals surface area contributed by atoms with Crippen LogP contribution in [-0.2, 0) is 4.74 Å². The van der Waals surface area contributed by atoms with Crippen LogP contribution in [0.15, 0.2) is 24.3 Å². The number of rotatable bonds is 4. The number of esters is 1. The van der Waals surface area contributed by atoms with Gasteiger partial charge in [-0.1, -0.05) is 18.0 Å². The fraction of sp³-hybridized carbons (Fsp3) is 0.611.